The van der Waals surface area contributed by atoms with Crippen molar-refractivity contribution >= 4 is 80.5 Å². The lowest BCUT2D eigenvalue weighted by Crippen LogP contribution is -2.17. The van der Waals surface area contributed by atoms with Crippen LogP contribution in [0.3, 0.4) is 0 Å². The van der Waals surface area contributed by atoms with Gasteiger partial charge in [0.25, 0.3) is 5.91 Å². The van der Waals surface area contributed by atoms with Crippen LogP contribution >= 0.6 is 68.4 Å². The van der Waals surface area contributed by atoms with Gasteiger partial charge in [0.1, 0.15) is 12.4 Å². The van der Waals surface area contributed by atoms with Crippen LogP contribution < -0.4 is 10.2 Å². The number of benzene rings is 4. The minimum Gasteiger partial charge on any atom is -0.487 e. The van der Waals surface area contributed by atoms with Crippen molar-refractivity contribution in [1.29, 1.82) is 0 Å². The van der Waals surface area contributed by atoms with Gasteiger partial charge in [-0.05, 0) is 124 Å². The fourth-order valence-corrected chi connectivity index (χ4v) is 6.88. The summed E-state index contributed by atoms with van der Waals surface area (Å²) in [4.78, 5) is 12.8. The molecule has 0 bridgehead atoms. The van der Waals surface area contributed by atoms with E-state index in [1.807, 2.05) is 48.5 Å². The molecule has 4 aromatic carbocycles. The molecule has 0 saturated heterocycles. The molecule has 1 amide bonds. The first kappa shape index (κ1) is 29.6. The quantitative estimate of drug-likeness (QED) is 0.0967. The van der Waals surface area contributed by atoms with Gasteiger partial charge in [0, 0.05) is 32.6 Å². The highest BCUT2D eigenvalue weighted by Crippen LogP contribution is 2.31. The highest BCUT2D eigenvalue weighted by Gasteiger charge is 2.12. The maximum atomic E-state index is 12.8. The van der Waals surface area contributed by atoms with Gasteiger partial charge in [-0.25, -0.2) is 5.43 Å². The summed E-state index contributed by atoms with van der Waals surface area (Å²) < 4.78 is 10.1. The van der Waals surface area contributed by atoms with E-state index in [2.05, 4.69) is 91.5 Å². The summed E-state index contributed by atoms with van der Waals surface area (Å²) in [6.45, 7) is 2.39. The third kappa shape index (κ3) is 7.14. The first-order valence-electron chi connectivity index (χ1n) is 12.5. The molecule has 0 radical (unpaired) electrons. The van der Waals surface area contributed by atoms with Crippen LogP contribution in [0.1, 0.15) is 27.2 Å². The van der Waals surface area contributed by atoms with Crippen molar-refractivity contribution in [3.8, 4) is 22.7 Å². The number of amides is 1. The Morgan fingerprint density at radius 1 is 0.927 bits per heavy atom. The van der Waals surface area contributed by atoms with Crippen LogP contribution in [0.4, 0.5) is 0 Å². The molecule has 0 fully saturated rings. The highest BCUT2D eigenvalue weighted by atomic mass is 127. The molecule has 5 nitrogen and oxygen atoms in total. The number of nitrogens with zero attached hydrogens (tertiary/aromatic N) is 2. The topological polar surface area (TPSA) is 55.6 Å². The van der Waals surface area contributed by atoms with Crippen LogP contribution in [0.25, 0.3) is 16.9 Å². The van der Waals surface area contributed by atoms with Gasteiger partial charge in [0.15, 0.2) is 0 Å². The molecule has 0 aliphatic rings. The second-order valence-corrected chi connectivity index (χ2v) is 12.3. The number of aryl methyl sites for hydroxylation is 1. The van der Waals surface area contributed by atoms with E-state index in [-0.39, 0.29) is 5.91 Å². The van der Waals surface area contributed by atoms with E-state index in [1.165, 1.54) is 0 Å². The van der Waals surface area contributed by atoms with Gasteiger partial charge in [-0.2, -0.15) is 5.10 Å². The molecule has 5 rings (SSSR count). The molecule has 1 heterocycles. The number of aromatic nitrogens is 1. The maximum Gasteiger partial charge on any atom is 0.271 e. The van der Waals surface area contributed by atoms with Crippen molar-refractivity contribution in [3.05, 3.63) is 137 Å². The van der Waals surface area contributed by atoms with Crippen molar-refractivity contribution < 1.29 is 9.53 Å². The number of carbonyl (C=O) groups is 1. The Morgan fingerprint density at radius 2 is 1.63 bits per heavy atom. The Hall–Kier alpha value is -2.86. The van der Waals surface area contributed by atoms with E-state index in [0.29, 0.717) is 22.2 Å². The lowest BCUT2D eigenvalue weighted by Gasteiger charge is -2.13. The van der Waals surface area contributed by atoms with E-state index < -0.39 is 0 Å². The van der Waals surface area contributed by atoms with Crippen molar-refractivity contribution in [1.82, 2.24) is 9.99 Å². The molecule has 0 spiro atoms. The summed E-state index contributed by atoms with van der Waals surface area (Å²) in [6.07, 6.45) is 1.62. The third-order valence-corrected chi connectivity index (χ3v) is 8.51. The van der Waals surface area contributed by atoms with Crippen LogP contribution in [-0.2, 0) is 6.61 Å². The molecule has 206 valence electrons. The monoisotopic (exact) mass is 805 g/mol. The van der Waals surface area contributed by atoms with Crippen LogP contribution in [0.5, 0.6) is 5.75 Å². The number of halogens is 4. The molecule has 41 heavy (non-hydrogen) atoms. The molecule has 9 heteroatoms. The Bertz CT molecular complexity index is 1710. The SMILES string of the molecule is Cc1ccc(-c2ccccc2)n1-c1ccc(C(=O)N/N=C/c2cc(I)c(OCc3ccc(Cl)cc3Cl)c(I)c2)cc1. The zero-order valence-corrected chi connectivity index (χ0v) is 27.6. The van der Waals surface area contributed by atoms with E-state index in [0.717, 1.165) is 46.7 Å². The summed E-state index contributed by atoms with van der Waals surface area (Å²) in [5.41, 5.74) is 9.15. The smallest absolute Gasteiger partial charge is 0.271 e. The molecule has 0 saturated carbocycles. The van der Waals surface area contributed by atoms with Crippen molar-refractivity contribution in [2.24, 2.45) is 5.10 Å². The maximum absolute atomic E-state index is 12.8. The van der Waals surface area contributed by atoms with E-state index in [9.17, 15) is 4.79 Å². The van der Waals surface area contributed by atoms with Gasteiger partial charge in [0.05, 0.1) is 19.0 Å². The van der Waals surface area contributed by atoms with E-state index >= 15 is 0 Å². The average Bonchev–Trinajstić information content (AvgIpc) is 3.35. The van der Waals surface area contributed by atoms with Crippen molar-refractivity contribution in [3.63, 3.8) is 0 Å². The number of carbonyl (C=O) groups excluding carboxylic acids is 1. The average molecular weight is 806 g/mol. The minimum absolute atomic E-state index is 0.287. The standard InChI is InChI=1S/C32H23Cl2I2N3O2/c1-20-7-14-30(22-5-3-2-4-6-22)39(20)26-12-9-23(10-13-26)32(40)38-37-18-21-15-28(35)31(29(36)16-21)41-19-24-8-11-25(33)17-27(24)34/h2-18H,19H2,1H3,(H,38,40)/b37-18+. The Labute approximate surface area is 275 Å². The summed E-state index contributed by atoms with van der Waals surface area (Å²) in [6, 6.07) is 31.2. The number of hydrogen-bond acceptors (Lipinski definition) is 3. The summed E-state index contributed by atoms with van der Waals surface area (Å²) in [5, 5.41) is 5.32. The van der Waals surface area contributed by atoms with Crippen LogP contribution in [0.2, 0.25) is 10.0 Å². The van der Waals surface area contributed by atoms with Crippen molar-refractivity contribution in [2.75, 3.05) is 0 Å². The lowest BCUT2D eigenvalue weighted by atomic mass is 10.1. The number of nitrogens with one attached hydrogen (secondary N) is 1. The van der Waals surface area contributed by atoms with Crippen LogP contribution in [-0.4, -0.2) is 16.7 Å². The minimum atomic E-state index is -0.287. The second kappa shape index (κ2) is 13.4. The number of ether oxygens (including phenoxy) is 1. The molecule has 0 atom stereocenters. The predicted molar refractivity (Wildman–Crippen MR) is 184 cm³/mol. The number of hydrazone groups is 1. The fraction of sp³-hybridized carbons (Fsp3) is 0.0625. The molecule has 5 aromatic rings. The van der Waals surface area contributed by atoms with Gasteiger partial charge in [0.2, 0.25) is 0 Å². The molecular formula is C32H23Cl2I2N3O2. The molecular weight excluding hydrogens is 783 g/mol. The predicted octanol–water partition coefficient (Wildman–Crippen LogP) is 9.31. The Kier molecular flexibility index (Phi) is 9.69. The first-order chi connectivity index (χ1) is 19.8. The van der Waals surface area contributed by atoms with Gasteiger partial charge < -0.3 is 9.30 Å². The summed E-state index contributed by atoms with van der Waals surface area (Å²) in [7, 11) is 0. The third-order valence-electron chi connectivity index (χ3n) is 6.32. The molecule has 1 aromatic heterocycles. The zero-order chi connectivity index (χ0) is 28.9. The molecule has 1 N–H and O–H groups in total. The van der Waals surface area contributed by atoms with Crippen LogP contribution in [0.15, 0.2) is 102 Å². The molecule has 0 unspecified atom stereocenters. The highest BCUT2D eigenvalue weighted by molar-refractivity contribution is 14.1. The van der Waals surface area contributed by atoms with Crippen LogP contribution in [0, 0.1) is 14.1 Å². The number of rotatable bonds is 8. The van der Waals surface area contributed by atoms with E-state index in [1.54, 1.807) is 30.5 Å². The normalized spacial score (nSPS) is 11.1. The van der Waals surface area contributed by atoms with Crippen molar-refractivity contribution in [2.45, 2.75) is 13.5 Å². The lowest BCUT2D eigenvalue weighted by molar-refractivity contribution is 0.0955. The Morgan fingerprint density at radius 3 is 2.32 bits per heavy atom. The first-order valence-corrected chi connectivity index (χ1v) is 15.4. The number of hydrogen-bond donors (Lipinski definition) is 1. The van der Waals surface area contributed by atoms with E-state index in [4.69, 9.17) is 27.9 Å². The second-order valence-electron chi connectivity index (χ2n) is 9.15. The van der Waals surface area contributed by atoms with Gasteiger partial charge >= 0.3 is 0 Å². The van der Waals surface area contributed by atoms with Gasteiger partial charge in [-0.1, -0.05) is 59.6 Å². The largest absolute Gasteiger partial charge is 0.487 e. The molecule has 0 aliphatic carbocycles. The van der Waals surface area contributed by atoms with Gasteiger partial charge in [-0.15, -0.1) is 0 Å². The van der Waals surface area contributed by atoms with Gasteiger partial charge in [-0.3, -0.25) is 4.79 Å². The summed E-state index contributed by atoms with van der Waals surface area (Å²) >= 11 is 16.7. The fourth-order valence-electron chi connectivity index (χ4n) is 4.29. The zero-order valence-electron chi connectivity index (χ0n) is 21.7. The Balaban J connectivity index is 1.23. The summed E-state index contributed by atoms with van der Waals surface area (Å²) in [5.74, 6) is 0.469. The molecule has 0 aliphatic heterocycles.